The van der Waals surface area contributed by atoms with Gasteiger partial charge in [-0.2, -0.15) is 0 Å². The van der Waals surface area contributed by atoms with Crippen LogP contribution in [0.15, 0.2) is 18.2 Å². The van der Waals surface area contributed by atoms with E-state index in [1.807, 2.05) is 13.0 Å². The molecule has 0 amide bonds. The fourth-order valence-corrected chi connectivity index (χ4v) is 1.57. The Morgan fingerprint density at radius 1 is 1.44 bits per heavy atom. The molecule has 1 aromatic carbocycles. The third-order valence-corrected chi connectivity index (χ3v) is 2.66. The van der Waals surface area contributed by atoms with Crippen molar-refractivity contribution in [3.05, 3.63) is 29.6 Å². The predicted molar refractivity (Wildman–Crippen MR) is 64.3 cm³/mol. The number of unbranched alkanes of at least 4 members (excludes halogenated alkanes) is 1. The van der Waals surface area contributed by atoms with Gasteiger partial charge in [0.2, 0.25) is 0 Å². The van der Waals surface area contributed by atoms with Gasteiger partial charge in [-0.3, -0.25) is 0 Å². The summed E-state index contributed by atoms with van der Waals surface area (Å²) in [6.07, 6.45) is 2.31. The van der Waals surface area contributed by atoms with Crippen LogP contribution in [0.3, 0.4) is 0 Å². The zero-order valence-corrected chi connectivity index (χ0v) is 10.2. The summed E-state index contributed by atoms with van der Waals surface area (Å²) in [6, 6.07) is 5.27. The number of hydrogen-bond donors (Lipinski definition) is 1. The Labute approximate surface area is 96.8 Å². The zero-order chi connectivity index (χ0) is 12.0. The largest absolute Gasteiger partial charge is 0.494 e. The summed E-state index contributed by atoms with van der Waals surface area (Å²) < 4.78 is 18.3. The lowest BCUT2D eigenvalue weighted by Crippen LogP contribution is -2.19. The van der Waals surface area contributed by atoms with Gasteiger partial charge in [0, 0.05) is 6.04 Å². The third-order valence-electron chi connectivity index (χ3n) is 2.66. The smallest absolute Gasteiger partial charge is 0.165 e. The summed E-state index contributed by atoms with van der Waals surface area (Å²) in [6.45, 7) is 5.15. The maximum Gasteiger partial charge on any atom is 0.165 e. The van der Waals surface area contributed by atoms with Crippen LogP contribution in [0.2, 0.25) is 0 Å². The van der Waals surface area contributed by atoms with Gasteiger partial charge in [-0.1, -0.05) is 19.4 Å². The van der Waals surface area contributed by atoms with Crippen LogP contribution in [0, 0.1) is 5.82 Å². The Bertz CT molecular complexity index is 328. The molecule has 0 unspecified atom stereocenters. The van der Waals surface area contributed by atoms with Crippen molar-refractivity contribution >= 4 is 0 Å². The van der Waals surface area contributed by atoms with E-state index in [1.54, 1.807) is 6.07 Å². The van der Waals surface area contributed by atoms with Crippen LogP contribution < -0.4 is 10.1 Å². The molecular weight excluding hydrogens is 205 g/mol. The SMILES string of the molecule is CCCCN[C@@H](C)c1ccc(OC)c(F)c1. The minimum Gasteiger partial charge on any atom is -0.494 e. The Morgan fingerprint density at radius 3 is 2.75 bits per heavy atom. The summed E-state index contributed by atoms with van der Waals surface area (Å²) in [5.41, 5.74) is 0.953. The van der Waals surface area contributed by atoms with Crippen molar-refractivity contribution in [2.45, 2.75) is 32.7 Å². The number of nitrogens with one attached hydrogen (secondary N) is 1. The van der Waals surface area contributed by atoms with E-state index in [0.717, 1.165) is 24.9 Å². The Balaban J connectivity index is 2.62. The molecule has 16 heavy (non-hydrogen) atoms. The third kappa shape index (κ3) is 3.49. The summed E-state index contributed by atoms with van der Waals surface area (Å²) in [7, 11) is 1.47. The van der Waals surface area contributed by atoms with Crippen LogP contribution in [0.5, 0.6) is 5.75 Å². The number of methoxy groups -OCH3 is 1. The normalized spacial score (nSPS) is 12.5. The molecule has 0 radical (unpaired) electrons. The Kier molecular flexibility index (Phi) is 5.26. The van der Waals surface area contributed by atoms with Gasteiger partial charge in [0.1, 0.15) is 0 Å². The molecule has 0 saturated carbocycles. The molecule has 0 fully saturated rings. The fraction of sp³-hybridized carbons (Fsp3) is 0.538. The maximum absolute atomic E-state index is 13.4. The highest BCUT2D eigenvalue weighted by Crippen LogP contribution is 2.21. The van der Waals surface area contributed by atoms with Gasteiger partial charge < -0.3 is 10.1 Å². The van der Waals surface area contributed by atoms with Crippen molar-refractivity contribution in [1.29, 1.82) is 0 Å². The monoisotopic (exact) mass is 225 g/mol. The lowest BCUT2D eigenvalue weighted by Gasteiger charge is -2.14. The molecule has 0 heterocycles. The van der Waals surface area contributed by atoms with Gasteiger partial charge in [-0.15, -0.1) is 0 Å². The molecule has 2 nitrogen and oxygen atoms in total. The number of rotatable bonds is 6. The van der Waals surface area contributed by atoms with Crippen LogP contribution in [-0.4, -0.2) is 13.7 Å². The van der Waals surface area contributed by atoms with Crippen LogP contribution in [-0.2, 0) is 0 Å². The molecular formula is C13H20FNO. The second kappa shape index (κ2) is 6.48. The topological polar surface area (TPSA) is 21.3 Å². The first-order valence-electron chi connectivity index (χ1n) is 5.75. The van der Waals surface area contributed by atoms with Gasteiger partial charge in [-0.25, -0.2) is 4.39 Å². The molecule has 3 heteroatoms. The van der Waals surface area contributed by atoms with Gasteiger partial charge >= 0.3 is 0 Å². The number of ether oxygens (including phenoxy) is 1. The highest BCUT2D eigenvalue weighted by molar-refractivity contribution is 5.30. The first-order valence-corrected chi connectivity index (χ1v) is 5.75. The average molecular weight is 225 g/mol. The van der Waals surface area contributed by atoms with E-state index in [4.69, 9.17) is 4.74 Å². The Morgan fingerprint density at radius 2 is 2.19 bits per heavy atom. The van der Waals surface area contributed by atoms with Crippen molar-refractivity contribution in [2.75, 3.05) is 13.7 Å². The number of benzene rings is 1. The highest BCUT2D eigenvalue weighted by Gasteiger charge is 2.08. The second-order valence-corrected chi connectivity index (χ2v) is 3.92. The lowest BCUT2D eigenvalue weighted by molar-refractivity contribution is 0.385. The molecule has 1 aromatic rings. The molecule has 0 bridgehead atoms. The van der Waals surface area contributed by atoms with Crippen molar-refractivity contribution in [2.24, 2.45) is 0 Å². The van der Waals surface area contributed by atoms with E-state index in [2.05, 4.69) is 12.2 Å². The fourth-order valence-electron chi connectivity index (χ4n) is 1.57. The zero-order valence-electron chi connectivity index (χ0n) is 10.2. The Hall–Kier alpha value is -1.09. The minimum absolute atomic E-state index is 0.173. The molecule has 1 rings (SSSR count). The van der Waals surface area contributed by atoms with Crippen molar-refractivity contribution in [3.63, 3.8) is 0 Å². The summed E-state index contributed by atoms with van der Waals surface area (Å²) in [5.74, 6) is -0.00588. The lowest BCUT2D eigenvalue weighted by atomic mass is 10.1. The molecule has 0 aromatic heterocycles. The molecule has 90 valence electrons. The number of hydrogen-bond acceptors (Lipinski definition) is 2. The van der Waals surface area contributed by atoms with Gasteiger partial charge in [-0.05, 0) is 37.6 Å². The van der Waals surface area contributed by atoms with Crippen LogP contribution in [0.4, 0.5) is 4.39 Å². The average Bonchev–Trinajstić information content (AvgIpc) is 2.29. The van der Waals surface area contributed by atoms with E-state index >= 15 is 0 Å². The summed E-state index contributed by atoms with van der Waals surface area (Å²) in [5, 5.41) is 3.36. The van der Waals surface area contributed by atoms with E-state index in [-0.39, 0.29) is 11.9 Å². The van der Waals surface area contributed by atoms with Gasteiger partial charge in [0.25, 0.3) is 0 Å². The standard InChI is InChI=1S/C13H20FNO/c1-4-5-8-15-10(2)11-6-7-13(16-3)12(14)9-11/h6-7,9-10,15H,4-5,8H2,1-3H3/t10-/m0/s1. The first kappa shape index (κ1) is 13.0. The second-order valence-electron chi connectivity index (χ2n) is 3.92. The molecule has 0 spiro atoms. The van der Waals surface area contributed by atoms with Gasteiger partial charge in [0.15, 0.2) is 11.6 Å². The molecule has 1 atom stereocenters. The molecule has 0 aliphatic carbocycles. The summed E-state index contributed by atoms with van der Waals surface area (Å²) >= 11 is 0. The molecule has 1 N–H and O–H groups in total. The van der Waals surface area contributed by atoms with Crippen LogP contribution >= 0.6 is 0 Å². The van der Waals surface area contributed by atoms with E-state index in [0.29, 0.717) is 5.75 Å². The van der Waals surface area contributed by atoms with Crippen LogP contribution in [0.1, 0.15) is 38.3 Å². The van der Waals surface area contributed by atoms with Crippen LogP contribution in [0.25, 0.3) is 0 Å². The molecule has 0 aliphatic rings. The molecule has 0 saturated heterocycles. The minimum atomic E-state index is -0.302. The van der Waals surface area contributed by atoms with E-state index in [9.17, 15) is 4.39 Å². The van der Waals surface area contributed by atoms with E-state index < -0.39 is 0 Å². The first-order chi connectivity index (χ1) is 7.69. The van der Waals surface area contributed by atoms with Crippen molar-refractivity contribution < 1.29 is 9.13 Å². The van der Waals surface area contributed by atoms with Crippen molar-refractivity contribution in [3.8, 4) is 5.75 Å². The predicted octanol–water partition coefficient (Wildman–Crippen LogP) is 3.29. The molecule has 0 aliphatic heterocycles. The van der Waals surface area contributed by atoms with Crippen molar-refractivity contribution in [1.82, 2.24) is 5.32 Å². The van der Waals surface area contributed by atoms with E-state index in [1.165, 1.54) is 13.2 Å². The van der Waals surface area contributed by atoms with Gasteiger partial charge in [0.05, 0.1) is 7.11 Å². The maximum atomic E-state index is 13.4. The summed E-state index contributed by atoms with van der Waals surface area (Å²) in [4.78, 5) is 0. The highest BCUT2D eigenvalue weighted by atomic mass is 19.1. The number of halogens is 1. The quantitative estimate of drug-likeness (QED) is 0.750.